The lowest BCUT2D eigenvalue weighted by atomic mass is 9.88. The number of carbonyl (C=O) groups is 2. The number of ether oxygens (including phenoxy) is 2. The molecule has 0 bridgehead atoms. The van der Waals surface area contributed by atoms with Crippen molar-refractivity contribution in [1.29, 1.82) is 0 Å². The fraction of sp³-hybridized carbons (Fsp3) is 0.833. The fourth-order valence-electron chi connectivity index (χ4n) is 2.00. The molecule has 0 saturated carbocycles. The topological polar surface area (TPSA) is 67.9 Å². The second-order valence-corrected chi connectivity index (χ2v) is 5.66. The summed E-state index contributed by atoms with van der Waals surface area (Å²) in [6, 6.07) is 0. The van der Waals surface area contributed by atoms with Crippen molar-refractivity contribution >= 4 is 12.0 Å². The van der Waals surface area contributed by atoms with Crippen LogP contribution in [0.15, 0.2) is 0 Å². The van der Waals surface area contributed by atoms with Gasteiger partial charge in [-0.05, 0) is 20.8 Å². The van der Waals surface area contributed by atoms with Gasteiger partial charge >= 0.3 is 6.09 Å². The summed E-state index contributed by atoms with van der Waals surface area (Å²) < 4.78 is 9.64. The van der Waals surface area contributed by atoms with E-state index >= 15 is 0 Å². The Bertz CT molecular complexity index is 335. The summed E-state index contributed by atoms with van der Waals surface area (Å²) >= 11 is 0. The van der Waals surface area contributed by atoms with E-state index in [0.717, 1.165) is 0 Å². The van der Waals surface area contributed by atoms with Crippen LogP contribution in [0.4, 0.5) is 4.79 Å². The third kappa shape index (κ3) is 3.13. The number of hydrogen-bond donors (Lipinski definition) is 1. The second kappa shape index (κ2) is 5.14. The first-order valence-electron chi connectivity index (χ1n) is 5.88. The van der Waals surface area contributed by atoms with Crippen LogP contribution in [0.2, 0.25) is 0 Å². The third-order valence-electron chi connectivity index (χ3n) is 3.05. The Kier molecular flexibility index (Phi) is 4.21. The Labute approximate surface area is 108 Å². The molecule has 6 nitrogen and oxygen atoms in total. The zero-order valence-electron chi connectivity index (χ0n) is 11.7. The normalized spacial score (nSPS) is 17.9. The lowest BCUT2D eigenvalue weighted by molar-refractivity contribution is -0.135. The summed E-state index contributed by atoms with van der Waals surface area (Å²) in [4.78, 5) is 24.9. The van der Waals surface area contributed by atoms with E-state index in [2.05, 4.69) is 10.1 Å². The van der Waals surface area contributed by atoms with Crippen molar-refractivity contribution in [3.8, 4) is 0 Å². The minimum absolute atomic E-state index is 0.0728. The van der Waals surface area contributed by atoms with Crippen molar-refractivity contribution in [3.05, 3.63) is 0 Å². The predicted octanol–water partition coefficient (Wildman–Crippen LogP) is 0.616. The van der Waals surface area contributed by atoms with Crippen LogP contribution in [0, 0.1) is 5.41 Å². The molecule has 6 heteroatoms. The number of carbonyl (C=O) groups excluding carboxylic acids is 2. The molecule has 0 spiro atoms. The lowest BCUT2D eigenvalue weighted by Gasteiger charge is -2.48. The average Bonchev–Trinajstić information content (AvgIpc) is 2.24. The van der Waals surface area contributed by atoms with Crippen LogP contribution in [-0.4, -0.2) is 56.4 Å². The van der Waals surface area contributed by atoms with Crippen molar-refractivity contribution in [3.63, 3.8) is 0 Å². The zero-order chi connectivity index (χ0) is 14.0. The molecular formula is C12H22N2O4. The van der Waals surface area contributed by atoms with Gasteiger partial charge < -0.3 is 19.7 Å². The van der Waals surface area contributed by atoms with E-state index in [1.54, 1.807) is 12.0 Å². The lowest BCUT2D eigenvalue weighted by Crippen LogP contribution is -2.70. The van der Waals surface area contributed by atoms with E-state index < -0.39 is 5.41 Å². The number of nitrogens with zero attached hydrogens (tertiary/aromatic N) is 1. The van der Waals surface area contributed by atoms with Gasteiger partial charge in [-0.1, -0.05) is 0 Å². The molecule has 1 fully saturated rings. The molecule has 18 heavy (non-hydrogen) atoms. The zero-order valence-corrected chi connectivity index (χ0v) is 11.7. The van der Waals surface area contributed by atoms with E-state index in [1.807, 2.05) is 20.8 Å². The van der Waals surface area contributed by atoms with E-state index in [9.17, 15) is 9.59 Å². The highest BCUT2D eigenvalue weighted by Gasteiger charge is 2.44. The molecule has 1 aliphatic heterocycles. The largest absolute Gasteiger partial charge is 0.453 e. The summed E-state index contributed by atoms with van der Waals surface area (Å²) in [5.41, 5.74) is -0.959. The maximum absolute atomic E-state index is 12.1. The molecule has 0 radical (unpaired) electrons. The minimum Gasteiger partial charge on any atom is -0.453 e. The maximum Gasteiger partial charge on any atom is 0.409 e. The SMILES string of the molecule is COCC(C)(C)C(=O)NC1(C)CN(C(=O)OC)C1. The highest BCUT2D eigenvalue weighted by atomic mass is 16.5. The minimum atomic E-state index is -0.580. The molecule has 1 aliphatic rings. The van der Waals surface area contributed by atoms with Crippen LogP contribution in [0.25, 0.3) is 0 Å². The second-order valence-electron chi connectivity index (χ2n) is 5.66. The van der Waals surface area contributed by atoms with E-state index in [-0.39, 0.29) is 17.5 Å². The molecule has 0 aromatic heterocycles. The van der Waals surface area contributed by atoms with Crippen molar-refractivity contribution < 1.29 is 19.1 Å². The summed E-state index contributed by atoms with van der Waals surface area (Å²) in [5, 5.41) is 2.96. The highest BCUT2D eigenvalue weighted by Crippen LogP contribution is 2.24. The van der Waals surface area contributed by atoms with E-state index in [1.165, 1.54) is 7.11 Å². The molecule has 1 saturated heterocycles. The van der Waals surface area contributed by atoms with Crippen molar-refractivity contribution in [2.45, 2.75) is 26.3 Å². The number of likely N-dealkylation sites (tertiary alicyclic amines) is 1. The Balaban J connectivity index is 2.50. The molecule has 0 aliphatic carbocycles. The van der Waals surface area contributed by atoms with E-state index in [4.69, 9.17) is 4.74 Å². The number of methoxy groups -OCH3 is 2. The molecule has 0 aromatic rings. The molecule has 0 aromatic carbocycles. The maximum atomic E-state index is 12.1. The molecule has 104 valence electrons. The van der Waals surface area contributed by atoms with Gasteiger partial charge in [-0.2, -0.15) is 0 Å². The molecule has 1 N–H and O–H groups in total. The number of nitrogens with one attached hydrogen (secondary N) is 1. The molecule has 1 heterocycles. The van der Waals surface area contributed by atoms with Gasteiger partial charge in [-0.15, -0.1) is 0 Å². The van der Waals surface area contributed by atoms with Crippen LogP contribution in [0.5, 0.6) is 0 Å². The molecule has 2 amide bonds. The van der Waals surface area contributed by atoms with Gasteiger partial charge in [0.2, 0.25) is 5.91 Å². The number of rotatable bonds is 4. The average molecular weight is 258 g/mol. The summed E-state index contributed by atoms with van der Waals surface area (Å²) in [5.74, 6) is -0.0728. The standard InChI is InChI=1S/C12H22N2O4/c1-11(2,8-17-4)9(15)13-12(3)6-14(7-12)10(16)18-5/h6-8H2,1-5H3,(H,13,15). The first kappa shape index (κ1) is 14.8. The van der Waals surface area contributed by atoms with Crippen LogP contribution in [0.1, 0.15) is 20.8 Å². The molecule has 1 rings (SSSR count). The quantitative estimate of drug-likeness (QED) is 0.802. The van der Waals surface area contributed by atoms with Crippen molar-refractivity contribution in [1.82, 2.24) is 10.2 Å². The van der Waals surface area contributed by atoms with Gasteiger partial charge in [0.05, 0.1) is 24.7 Å². The summed E-state index contributed by atoms with van der Waals surface area (Å²) in [6.07, 6.45) is -0.363. The van der Waals surface area contributed by atoms with Crippen molar-refractivity contribution in [2.24, 2.45) is 5.41 Å². The number of amides is 2. The molecule has 0 unspecified atom stereocenters. The van der Waals surface area contributed by atoms with Crippen molar-refractivity contribution in [2.75, 3.05) is 33.9 Å². The first-order valence-corrected chi connectivity index (χ1v) is 5.88. The molecule has 0 atom stereocenters. The van der Waals surface area contributed by atoms with E-state index in [0.29, 0.717) is 19.7 Å². The molecular weight excluding hydrogens is 236 g/mol. The number of hydrogen-bond acceptors (Lipinski definition) is 4. The van der Waals surface area contributed by atoms with Gasteiger partial charge in [-0.25, -0.2) is 4.79 Å². The van der Waals surface area contributed by atoms with Crippen LogP contribution in [-0.2, 0) is 14.3 Å². The van der Waals surface area contributed by atoms with Gasteiger partial charge in [0.25, 0.3) is 0 Å². The fourth-order valence-corrected chi connectivity index (χ4v) is 2.00. The Morgan fingerprint density at radius 2 is 1.89 bits per heavy atom. The van der Waals surface area contributed by atoms with Gasteiger partial charge in [0, 0.05) is 20.2 Å². The monoisotopic (exact) mass is 258 g/mol. The smallest absolute Gasteiger partial charge is 0.409 e. The predicted molar refractivity (Wildman–Crippen MR) is 66.2 cm³/mol. The first-order chi connectivity index (χ1) is 8.24. The van der Waals surface area contributed by atoms with Crippen LogP contribution >= 0.6 is 0 Å². The Morgan fingerprint density at radius 3 is 2.33 bits per heavy atom. The Morgan fingerprint density at radius 1 is 1.33 bits per heavy atom. The van der Waals surface area contributed by atoms with Gasteiger partial charge in [0.1, 0.15) is 0 Å². The highest BCUT2D eigenvalue weighted by molar-refractivity contribution is 5.83. The van der Waals surface area contributed by atoms with Gasteiger partial charge in [-0.3, -0.25) is 4.79 Å². The van der Waals surface area contributed by atoms with Crippen LogP contribution in [0.3, 0.4) is 0 Å². The van der Waals surface area contributed by atoms with Gasteiger partial charge in [0.15, 0.2) is 0 Å². The summed E-state index contributed by atoms with van der Waals surface area (Å²) in [7, 11) is 2.91. The third-order valence-corrected chi connectivity index (χ3v) is 3.05. The Hall–Kier alpha value is -1.30. The van der Waals surface area contributed by atoms with Crippen LogP contribution < -0.4 is 5.32 Å². The summed E-state index contributed by atoms with van der Waals surface area (Å²) in [6.45, 7) is 6.85.